The summed E-state index contributed by atoms with van der Waals surface area (Å²) < 4.78 is 13.5. The van der Waals surface area contributed by atoms with Gasteiger partial charge in [-0.25, -0.2) is 9.18 Å². The molecule has 0 aliphatic heterocycles. The Morgan fingerprint density at radius 2 is 2.00 bits per heavy atom. The van der Waals surface area contributed by atoms with E-state index >= 15 is 0 Å². The first-order chi connectivity index (χ1) is 10.7. The van der Waals surface area contributed by atoms with Crippen molar-refractivity contribution in [1.29, 1.82) is 0 Å². The quantitative estimate of drug-likeness (QED) is 0.794. The largest absolute Gasteiger partial charge is 0.480 e. The first-order valence-electron chi connectivity index (χ1n) is 6.76. The predicted molar refractivity (Wildman–Crippen MR) is 83.3 cm³/mol. The second-order valence-electron chi connectivity index (χ2n) is 5.38. The summed E-state index contributed by atoms with van der Waals surface area (Å²) in [4.78, 5) is 38.3. The van der Waals surface area contributed by atoms with Gasteiger partial charge < -0.3 is 15.4 Å². The van der Waals surface area contributed by atoms with Crippen LogP contribution >= 0.6 is 11.6 Å². The molecule has 0 aliphatic rings. The molecule has 0 aliphatic carbocycles. The first kappa shape index (κ1) is 17.0. The van der Waals surface area contributed by atoms with Crippen LogP contribution in [0.2, 0.25) is 5.02 Å². The van der Waals surface area contributed by atoms with Crippen LogP contribution in [-0.2, 0) is 4.79 Å². The number of H-pyrrole nitrogens is 1. The van der Waals surface area contributed by atoms with Crippen LogP contribution in [0.3, 0.4) is 0 Å². The Hall–Kier alpha value is -2.41. The Kier molecular flexibility index (Phi) is 4.70. The van der Waals surface area contributed by atoms with Gasteiger partial charge in [-0.1, -0.05) is 25.4 Å². The predicted octanol–water partition coefficient (Wildman–Crippen LogP) is 2.16. The van der Waals surface area contributed by atoms with Crippen LogP contribution in [0.25, 0.3) is 10.9 Å². The highest BCUT2D eigenvalue weighted by Gasteiger charge is 2.25. The van der Waals surface area contributed by atoms with E-state index in [9.17, 15) is 18.8 Å². The molecule has 1 aromatic carbocycles. The molecule has 2 rings (SSSR count). The number of benzene rings is 1. The highest BCUT2D eigenvalue weighted by Crippen LogP contribution is 2.19. The van der Waals surface area contributed by atoms with Crippen LogP contribution in [0, 0.1) is 11.7 Å². The van der Waals surface area contributed by atoms with Gasteiger partial charge in [0.15, 0.2) is 0 Å². The molecule has 0 bridgehead atoms. The Balaban J connectivity index is 2.46. The monoisotopic (exact) mass is 340 g/mol. The lowest BCUT2D eigenvalue weighted by atomic mass is 10.0. The highest BCUT2D eigenvalue weighted by molar-refractivity contribution is 6.31. The van der Waals surface area contributed by atoms with Crippen LogP contribution in [0.4, 0.5) is 4.39 Å². The van der Waals surface area contributed by atoms with Crippen molar-refractivity contribution in [1.82, 2.24) is 10.3 Å². The molecule has 1 amide bonds. The molecule has 3 N–H and O–H groups in total. The maximum absolute atomic E-state index is 13.5. The number of pyridine rings is 1. The van der Waals surface area contributed by atoms with E-state index in [1.807, 2.05) is 0 Å². The van der Waals surface area contributed by atoms with Crippen LogP contribution in [0.5, 0.6) is 0 Å². The highest BCUT2D eigenvalue weighted by atomic mass is 35.5. The average Bonchev–Trinajstić information content (AvgIpc) is 2.46. The normalized spacial score (nSPS) is 12.4. The molecule has 23 heavy (non-hydrogen) atoms. The minimum absolute atomic E-state index is 0.0454. The van der Waals surface area contributed by atoms with Crippen molar-refractivity contribution in [3.05, 3.63) is 45.0 Å². The fourth-order valence-corrected chi connectivity index (χ4v) is 2.28. The van der Waals surface area contributed by atoms with Crippen LogP contribution < -0.4 is 10.7 Å². The lowest BCUT2D eigenvalue weighted by Crippen LogP contribution is -2.45. The number of rotatable bonds is 4. The molecule has 1 atom stereocenters. The number of aromatic nitrogens is 1. The van der Waals surface area contributed by atoms with Crippen molar-refractivity contribution < 1.29 is 19.1 Å². The maximum atomic E-state index is 13.5. The number of aliphatic carboxylic acids is 1. The van der Waals surface area contributed by atoms with Gasteiger partial charge in [0.1, 0.15) is 17.4 Å². The smallest absolute Gasteiger partial charge is 0.326 e. The number of aromatic amines is 1. The summed E-state index contributed by atoms with van der Waals surface area (Å²) in [5.74, 6) is -3.20. The van der Waals surface area contributed by atoms with Gasteiger partial charge in [0.25, 0.3) is 5.91 Å². The lowest BCUT2D eigenvalue weighted by Gasteiger charge is -2.17. The van der Waals surface area contributed by atoms with Gasteiger partial charge >= 0.3 is 5.97 Å². The van der Waals surface area contributed by atoms with Crippen molar-refractivity contribution in [3.8, 4) is 0 Å². The number of hydrogen-bond acceptors (Lipinski definition) is 3. The topological polar surface area (TPSA) is 99.3 Å². The molecule has 1 aromatic heterocycles. The van der Waals surface area contributed by atoms with E-state index in [1.54, 1.807) is 13.8 Å². The molecule has 0 unspecified atom stereocenters. The van der Waals surface area contributed by atoms with E-state index in [1.165, 1.54) is 6.07 Å². The van der Waals surface area contributed by atoms with Crippen molar-refractivity contribution in [2.45, 2.75) is 19.9 Å². The van der Waals surface area contributed by atoms with E-state index in [-0.39, 0.29) is 27.4 Å². The lowest BCUT2D eigenvalue weighted by molar-refractivity contribution is -0.140. The van der Waals surface area contributed by atoms with Crippen LogP contribution in [0.15, 0.2) is 23.1 Å². The Morgan fingerprint density at radius 1 is 1.35 bits per heavy atom. The second kappa shape index (κ2) is 6.37. The Morgan fingerprint density at radius 3 is 2.57 bits per heavy atom. The zero-order valence-electron chi connectivity index (χ0n) is 12.3. The van der Waals surface area contributed by atoms with Crippen LogP contribution in [0.1, 0.15) is 24.2 Å². The summed E-state index contributed by atoms with van der Waals surface area (Å²) in [5.41, 5.74) is -0.734. The van der Waals surface area contributed by atoms with Gasteiger partial charge in [0.2, 0.25) is 5.43 Å². The standard InChI is InChI=1S/C15H14ClFN2O4/c1-6(2)12(15(22)23)19-14(21)8-5-18-11-4-9(16)10(17)3-7(11)13(8)20/h3-6,12H,1-2H3,(H,18,20)(H,19,21)(H,22,23)/t12-/m0/s1. The van der Waals surface area contributed by atoms with E-state index in [0.717, 1.165) is 12.3 Å². The third kappa shape index (κ3) is 3.34. The van der Waals surface area contributed by atoms with Gasteiger partial charge in [-0.2, -0.15) is 0 Å². The number of carboxylic acids is 1. The number of carbonyl (C=O) groups excluding carboxylic acids is 1. The molecule has 2 aromatic rings. The van der Waals surface area contributed by atoms with Gasteiger partial charge in [-0.05, 0) is 18.1 Å². The minimum Gasteiger partial charge on any atom is -0.480 e. The van der Waals surface area contributed by atoms with Crippen molar-refractivity contribution in [3.63, 3.8) is 0 Å². The minimum atomic E-state index is -1.21. The Labute approximate surface area is 135 Å². The van der Waals surface area contributed by atoms with Gasteiger partial charge in [-0.3, -0.25) is 9.59 Å². The van der Waals surface area contributed by atoms with E-state index in [2.05, 4.69) is 10.3 Å². The number of amides is 1. The van der Waals surface area contributed by atoms with Crippen molar-refractivity contribution >= 4 is 34.4 Å². The van der Waals surface area contributed by atoms with Gasteiger partial charge in [-0.15, -0.1) is 0 Å². The number of halogens is 2. The summed E-state index contributed by atoms with van der Waals surface area (Å²) in [6.45, 7) is 3.25. The summed E-state index contributed by atoms with van der Waals surface area (Å²) in [5, 5.41) is 11.2. The summed E-state index contributed by atoms with van der Waals surface area (Å²) in [6.07, 6.45) is 1.15. The SMILES string of the molecule is CC(C)[C@H](NC(=O)c1c[nH]c2cc(Cl)c(F)cc2c1=O)C(=O)O. The number of hydrogen-bond donors (Lipinski definition) is 3. The molecule has 0 spiro atoms. The van der Waals surface area contributed by atoms with E-state index < -0.39 is 29.2 Å². The van der Waals surface area contributed by atoms with Crippen molar-refractivity contribution in [2.24, 2.45) is 5.92 Å². The van der Waals surface area contributed by atoms with Crippen LogP contribution in [-0.4, -0.2) is 28.0 Å². The van der Waals surface area contributed by atoms with Gasteiger partial charge in [0.05, 0.1) is 10.5 Å². The second-order valence-corrected chi connectivity index (χ2v) is 5.78. The third-order valence-corrected chi connectivity index (χ3v) is 3.68. The maximum Gasteiger partial charge on any atom is 0.326 e. The molecule has 0 saturated carbocycles. The zero-order valence-corrected chi connectivity index (χ0v) is 13.1. The number of fused-ring (bicyclic) bond motifs is 1. The number of carboxylic acid groups (broad SMARTS) is 1. The third-order valence-electron chi connectivity index (χ3n) is 3.39. The molecule has 1 heterocycles. The molecule has 122 valence electrons. The van der Waals surface area contributed by atoms with Crippen molar-refractivity contribution in [2.75, 3.05) is 0 Å². The molecular weight excluding hydrogens is 327 g/mol. The molecule has 0 fully saturated rings. The summed E-state index contributed by atoms with van der Waals surface area (Å²) in [6, 6.07) is 1.04. The Bertz CT molecular complexity index is 847. The fourth-order valence-electron chi connectivity index (χ4n) is 2.12. The van der Waals surface area contributed by atoms with E-state index in [0.29, 0.717) is 0 Å². The van der Waals surface area contributed by atoms with E-state index in [4.69, 9.17) is 16.7 Å². The molecule has 0 saturated heterocycles. The molecule has 8 heteroatoms. The summed E-state index contributed by atoms with van der Waals surface area (Å²) in [7, 11) is 0. The average molecular weight is 341 g/mol. The number of carbonyl (C=O) groups is 2. The molecule has 6 nitrogen and oxygen atoms in total. The first-order valence-corrected chi connectivity index (χ1v) is 7.14. The number of nitrogens with one attached hydrogen (secondary N) is 2. The molecular formula is C15H14ClFN2O4. The zero-order chi connectivity index (χ0) is 17.3. The molecule has 0 radical (unpaired) electrons. The summed E-state index contributed by atoms with van der Waals surface area (Å²) >= 11 is 5.64. The van der Waals surface area contributed by atoms with Gasteiger partial charge in [0, 0.05) is 11.6 Å². The fraction of sp³-hybridized carbons (Fsp3) is 0.267.